The van der Waals surface area contributed by atoms with E-state index in [1.54, 1.807) is 0 Å². The second-order valence-corrected chi connectivity index (χ2v) is 7.99. The lowest BCUT2D eigenvalue weighted by atomic mass is 10.2. The molecule has 2 aliphatic rings. The van der Waals surface area contributed by atoms with E-state index in [1.807, 2.05) is 5.32 Å². The van der Waals surface area contributed by atoms with Crippen molar-refractivity contribution in [2.45, 2.75) is 17.4 Å². The molecule has 4 amide bonds. The predicted octanol–water partition coefficient (Wildman–Crippen LogP) is -0.604. The lowest BCUT2D eigenvalue weighted by Crippen LogP contribution is -2.51. The minimum Gasteiger partial charge on any atom is -0.340 e. The van der Waals surface area contributed by atoms with E-state index in [9.17, 15) is 31.6 Å². The first-order valence-corrected chi connectivity index (χ1v) is 9.47. The summed E-state index contributed by atoms with van der Waals surface area (Å²) >= 11 is 0. The summed E-state index contributed by atoms with van der Waals surface area (Å²) < 4.78 is 53.1. The molecule has 9 nitrogen and oxygen atoms in total. The monoisotopic (exact) mass is 402 g/mol. The number of urea groups is 1. The van der Waals surface area contributed by atoms with Crippen LogP contribution in [0.3, 0.4) is 0 Å². The summed E-state index contributed by atoms with van der Waals surface area (Å²) in [4.78, 5) is 35.4. The number of carbonyl (C=O) groups excluding carboxylic acids is 3. The highest BCUT2D eigenvalue weighted by Gasteiger charge is 2.35. The van der Waals surface area contributed by atoms with Gasteiger partial charge in [0, 0.05) is 26.2 Å². The summed E-state index contributed by atoms with van der Waals surface area (Å²) in [7, 11) is -4.24. The fourth-order valence-electron chi connectivity index (χ4n) is 2.90. The van der Waals surface area contributed by atoms with Gasteiger partial charge in [0.15, 0.2) is 0 Å². The van der Waals surface area contributed by atoms with E-state index in [4.69, 9.17) is 0 Å². The Bertz CT molecular complexity index is 899. The number of imide groups is 1. The Morgan fingerprint density at radius 1 is 1.15 bits per heavy atom. The van der Waals surface area contributed by atoms with Crippen LogP contribution in [0.15, 0.2) is 23.1 Å². The average molecular weight is 402 g/mol. The topological polar surface area (TPSA) is 116 Å². The first-order chi connectivity index (χ1) is 12.7. The van der Waals surface area contributed by atoms with Gasteiger partial charge in [0.2, 0.25) is 15.9 Å². The predicted molar refractivity (Wildman–Crippen MR) is 86.8 cm³/mol. The molecule has 3 rings (SSSR count). The molecule has 0 radical (unpaired) electrons. The van der Waals surface area contributed by atoms with Gasteiger partial charge in [-0.15, -0.1) is 0 Å². The summed E-state index contributed by atoms with van der Waals surface area (Å²) in [6.45, 7) is -0.158. The molecule has 1 atom stereocenters. The third-order valence-corrected chi connectivity index (χ3v) is 6.25. The van der Waals surface area contributed by atoms with E-state index in [-0.39, 0.29) is 32.6 Å². The van der Waals surface area contributed by atoms with Gasteiger partial charge in [0.25, 0.3) is 5.91 Å². The van der Waals surface area contributed by atoms with E-state index < -0.39 is 50.4 Å². The summed E-state index contributed by atoms with van der Waals surface area (Å²) in [6.07, 6.45) is -0.247. The number of hydrogen-bond donors (Lipinski definition) is 2. The number of carbonyl (C=O) groups is 3. The van der Waals surface area contributed by atoms with Crippen LogP contribution in [0.1, 0.15) is 6.42 Å². The van der Waals surface area contributed by atoms with E-state index in [2.05, 4.69) is 5.32 Å². The van der Waals surface area contributed by atoms with Crippen molar-refractivity contribution >= 4 is 27.9 Å². The molecule has 0 saturated carbocycles. The molecule has 12 heteroatoms. The molecule has 2 saturated heterocycles. The minimum atomic E-state index is -4.24. The maximum absolute atomic E-state index is 13.8. The highest BCUT2D eigenvalue weighted by molar-refractivity contribution is 7.89. The summed E-state index contributed by atoms with van der Waals surface area (Å²) in [6, 6.07) is 0.536. The van der Waals surface area contributed by atoms with Crippen LogP contribution in [0.25, 0.3) is 0 Å². The number of rotatable bonds is 4. The van der Waals surface area contributed by atoms with Crippen LogP contribution in [0.4, 0.5) is 13.6 Å². The highest BCUT2D eigenvalue weighted by atomic mass is 32.2. The third kappa shape index (κ3) is 3.90. The molecule has 0 aliphatic carbocycles. The fraction of sp³-hybridized carbons (Fsp3) is 0.400. The normalized spacial score (nSPS) is 21.1. The lowest BCUT2D eigenvalue weighted by Gasteiger charge is -2.34. The molecule has 1 aromatic rings. The zero-order valence-corrected chi connectivity index (χ0v) is 14.8. The molecular formula is C15H16F2N4O5S. The summed E-state index contributed by atoms with van der Waals surface area (Å²) in [5, 5.41) is 4.33. The molecule has 0 bridgehead atoms. The van der Waals surface area contributed by atoms with Gasteiger partial charge in [-0.1, -0.05) is 0 Å². The van der Waals surface area contributed by atoms with Crippen LogP contribution in [-0.4, -0.2) is 67.7 Å². The number of sulfonamides is 1. The van der Waals surface area contributed by atoms with Gasteiger partial charge in [-0.2, -0.15) is 4.31 Å². The van der Waals surface area contributed by atoms with Gasteiger partial charge in [-0.3, -0.25) is 14.9 Å². The van der Waals surface area contributed by atoms with Gasteiger partial charge < -0.3 is 10.2 Å². The van der Waals surface area contributed by atoms with Crippen molar-refractivity contribution in [2.75, 3.05) is 26.2 Å². The molecule has 2 N–H and O–H groups in total. The summed E-state index contributed by atoms with van der Waals surface area (Å²) in [5.74, 6) is -2.96. The van der Waals surface area contributed by atoms with Crippen molar-refractivity contribution in [2.24, 2.45) is 0 Å². The maximum Gasteiger partial charge on any atom is 0.322 e. The molecule has 0 aromatic heterocycles. The number of halogens is 2. The van der Waals surface area contributed by atoms with Gasteiger partial charge in [-0.25, -0.2) is 22.0 Å². The van der Waals surface area contributed by atoms with Crippen molar-refractivity contribution in [3.8, 4) is 0 Å². The summed E-state index contributed by atoms with van der Waals surface area (Å²) in [5.41, 5.74) is 0. The van der Waals surface area contributed by atoms with Crippen molar-refractivity contribution in [3.05, 3.63) is 29.8 Å². The Morgan fingerprint density at radius 3 is 2.41 bits per heavy atom. The molecule has 2 aliphatic heterocycles. The average Bonchev–Trinajstić information content (AvgIpc) is 2.94. The molecule has 27 heavy (non-hydrogen) atoms. The van der Waals surface area contributed by atoms with Crippen LogP contribution in [0, 0.1) is 11.6 Å². The van der Waals surface area contributed by atoms with E-state index in [0.717, 1.165) is 16.4 Å². The fourth-order valence-corrected chi connectivity index (χ4v) is 4.40. The molecule has 1 aromatic carbocycles. The van der Waals surface area contributed by atoms with E-state index in [1.165, 1.54) is 4.90 Å². The lowest BCUT2D eigenvalue weighted by molar-refractivity contribution is -0.134. The van der Waals surface area contributed by atoms with Crippen LogP contribution >= 0.6 is 0 Å². The number of piperazine rings is 1. The van der Waals surface area contributed by atoms with Crippen molar-refractivity contribution in [3.63, 3.8) is 0 Å². The first kappa shape index (κ1) is 19.2. The maximum atomic E-state index is 13.8. The van der Waals surface area contributed by atoms with Crippen LogP contribution in [0.5, 0.6) is 0 Å². The second kappa shape index (κ2) is 7.19. The van der Waals surface area contributed by atoms with Crippen molar-refractivity contribution in [1.82, 2.24) is 19.8 Å². The molecule has 2 fully saturated rings. The largest absolute Gasteiger partial charge is 0.340 e. The zero-order valence-electron chi connectivity index (χ0n) is 13.9. The Kier molecular flexibility index (Phi) is 5.11. The SMILES string of the molecule is O=C1NC(=O)C(CC(=O)N2CCN(S(=O)(=O)c3cc(F)ccc3F)CC2)N1. The van der Waals surface area contributed by atoms with Crippen LogP contribution in [-0.2, 0) is 19.6 Å². The van der Waals surface area contributed by atoms with Crippen LogP contribution in [0.2, 0.25) is 0 Å². The van der Waals surface area contributed by atoms with Gasteiger partial charge >= 0.3 is 6.03 Å². The van der Waals surface area contributed by atoms with Gasteiger partial charge in [0.1, 0.15) is 22.6 Å². The standard InChI is InChI=1S/C15H16F2N4O5S/c16-9-1-2-10(17)12(7-9)27(25,26)21-5-3-20(4-6-21)13(22)8-11-14(23)19-15(24)18-11/h1-2,7,11H,3-6,8H2,(H2,18,19,23,24). The Balaban J connectivity index is 1.63. The third-order valence-electron chi connectivity index (χ3n) is 4.34. The number of amides is 4. The second-order valence-electron chi connectivity index (χ2n) is 6.08. The molecular weight excluding hydrogens is 386 g/mol. The van der Waals surface area contributed by atoms with Gasteiger partial charge in [0.05, 0.1) is 6.42 Å². The molecule has 1 unspecified atom stereocenters. The Morgan fingerprint density at radius 2 is 1.81 bits per heavy atom. The molecule has 146 valence electrons. The number of nitrogens with one attached hydrogen (secondary N) is 2. The van der Waals surface area contributed by atoms with E-state index >= 15 is 0 Å². The quantitative estimate of drug-likeness (QED) is 0.653. The van der Waals surface area contributed by atoms with Crippen LogP contribution < -0.4 is 10.6 Å². The number of benzene rings is 1. The number of nitrogens with zero attached hydrogens (tertiary/aromatic N) is 2. The van der Waals surface area contributed by atoms with Gasteiger partial charge in [-0.05, 0) is 18.2 Å². The zero-order chi connectivity index (χ0) is 19.8. The molecule has 0 spiro atoms. The Hall–Kier alpha value is -2.60. The smallest absolute Gasteiger partial charge is 0.322 e. The van der Waals surface area contributed by atoms with E-state index in [0.29, 0.717) is 6.07 Å². The highest BCUT2D eigenvalue weighted by Crippen LogP contribution is 2.22. The van der Waals surface area contributed by atoms with Crippen molar-refractivity contribution < 1.29 is 31.6 Å². The molecule has 2 heterocycles. The Labute approximate surface area is 153 Å². The number of hydrogen-bond acceptors (Lipinski definition) is 5. The first-order valence-electron chi connectivity index (χ1n) is 8.03. The van der Waals surface area contributed by atoms with Crippen molar-refractivity contribution in [1.29, 1.82) is 0 Å². The minimum absolute atomic E-state index is 0.0251.